The molecule has 0 bridgehead atoms. The summed E-state index contributed by atoms with van der Waals surface area (Å²) in [6.07, 6.45) is 2.37. The molecule has 4 rings (SSSR count). The first-order valence-electron chi connectivity index (χ1n) is 7.25. The van der Waals surface area contributed by atoms with Crippen molar-refractivity contribution in [2.24, 2.45) is 11.3 Å². The summed E-state index contributed by atoms with van der Waals surface area (Å²) in [4.78, 5) is 14.3. The summed E-state index contributed by atoms with van der Waals surface area (Å²) in [5.41, 5.74) is 1.32. The minimum Gasteiger partial charge on any atom is -0.396 e. The molecule has 2 atom stereocenters. The topological polar surface area (TPSA) is 78.5 Å². The van der Waals surface area contributed by atoms with Gasteiger partial charge in [0.1, 0.15) is 5.69 Å². The molecule has 1 aliphatic carbocycles. The lowest BCUT2D eigenvalue weighted by Crippen LogP contribution is -2.36. The summed E-state index contributed by atoms with van der Waals surface area (Å²) in [5.74, 6) is 0.785. The van der Waals surface area contributed by atoms with E-state index in [-0.39, 0.29) is 23.8 Å². The van der Waals surface area contributed by atoms with Gasteiger partial charge in [-0.2, -0.15) is 5.10 Å². The number of amides is 1. The minimum absolute atomic E-state index is 0.0321. The van der Waals surface area contributed by atoms with Gasteiger partial charge in [-0.1, -0.05) is 0 Å². The number of nitrogens with zero attached hydrogens (tertiary/aromatic N) is 2. The number of carbonyl (C=O) groups excluding carboxylic acids is 1. The summed E-state index contributed by atoms with van der Waals surface area (Å²) >= 11 is 0. The van der Waals surface area contributed by atoms with E-state index in [4.69, 9.17) is 4.74 Å². The maximum Gasteiger partial charge on any atom is 0.274 e. The van der Waals surface area contributed by atoms with Gasteiger partial charge in [0.25, 0.3) is 5.91 Å². The Balaban J connectivity index is 1.51. The van der Waals surface area contributed by atoms with E-state index >= 15 is 0 Å². The number of likely N-dealkylation sites (tertiary alicyclic amines) is 1. The van der Waals surface area contributed by atoms with Crippen molar-refractivity contribution in [1.29, 1.82) is 0 Å². The zero-order chi connectivity index (χ0) is 13.7. The van der Waals surface area contributed by atoms with Crippen LogP contribution < -0.4 is 0 Å². The van der Waals surface area contributed by atoms with Crippen LogP contribution >= 0.6 is 0 Å². The summed E-state index contributed by atoms with van der Waals surface area (Å²) < 4.78 is 5.46. The van der Waals surface area contributed by atoms with Crippen LogP contribution in [-0.2, 0) is 4.74 Å². The van der Waals surface area contributed by atoms with Crippen LogP contribution in [0.25, 0.3) is 0 Å². The molecule has 0 aromatic carbocycles. The van der Waals surface area contributed by atoms with E-state index in [1.807, 2.05) is 11.0 Å². The standard InChI is InChI=1S/C14H19N3O3/c18-7-14-6-17(4-10(14)5-20-8-14)13(19)12-3-11(15-16-12)9-1-2-9/h3,9-10,18H,1-2,4-8H2,(H,15,16)/t10-,14-/m0/s1. The van der Waals surface area contributed by atoms with Crippen molar-refractivity contribution in [2.75, 3.05) is 32.9 Å². The normalized spacial score (nSPS) is 32.6. The molecule has 108 valence electrons. The molecule has 3 fully saturated rings. The van der Waals surface area contributed by atoms with Gasteiger partial charge in [0.05, 0.1) is 19.8 Å². The Hall–Kier alpha value is -1.40. The number of nitrogens with one attached hydrogen (secondary N) is 1. The van der Waals surface area contributed by atoms with Crippen molar-refractivity contribution in [3.8, 4) is 0 Å². The van der Waals surface area contributed by atoms with Crippen molar-refractivity contribution >= 4 is 5.91 Å². The highest BCUT2D eigenvalue weighted by molar-refractivity contribution is 5.92. The average Bonchev–Trinajstić information content (AvgIpc) is 2.91. The zero-order valence-corrected chi connectivity index (χ0v) is 11.3. The van der Waals surface area contributed by atoms with Gasteiger partial charge in [-0.05, 0) is 18.9 Å². The van der Waals surface area contributed by atoms with E-state index in [0.717, 1.165) is 5.69 Å². The first-order chi connectivity index (χ1) is 9.72. The highest BCUT2D eigenvalue weighted by atomic mass is 16.5. The Morgan fingerprint density at radius 3 is 3.15 bits per heavy atom. The maximum absolute atomic E-state index is 12.5. The summed E-state index contributed by atoms with van der Waals surface area (Å²) in [5, 5.41) is 16.8. The number of H-pyrrole nitrogens is 1. The van der Waals surface area contributed by atoms with E-state index in [9.17, 15) is 9.90 Å². The second-order valence-corrected chi connectivity index (χ2v) is 6.40. The SMILES string of the molecule is O=C(c1cc(C2CC2)[nH]n1)N1C[C@H]2COC[C@@]2(CO)C1. The lowest BCUT2D eigenvalue weighted by atomic mass is 9.82. The van der Waals surface area contributed by atoms with Crippen LogP contribution in [0.15, 0.2) is 6.07 Å². The van der Waals surface area contributed by atoms with Crippen molar-refractivity contribution in [2.45, 2.75) is 18.8 Å². The van der Waals surface area contributed by atoms with Gasteiger partial charge in [0.15, 0.2) is 0 Å². The van der Waals surface area contributed by atoms with E-state index in [0.29, 0.717) is 37.9 Å². The van der Waals surface area contributed by atoms with Crippen LogP contribution in [0.1, 0.15) is 34.9 Å². The summed E-state index contributed by atoms with van der Waals surface area (Å²) in [6, 6.07) is 1.89. The van der Waals surface area contributed by atoms with Crippen LogP contribution in [0.5, 0.6) is 0 Å². The number of aromatic amines is 1. The molecule has 0 unspecified atom stereocenters. The first kappa shape index (κ1) is 12.3. The third-order valence-corrected chi connectivity index (χ3v) is 4.96. The van der Waals surface area contributed by atoms with E-state index in [2.05, 4.69) is 10.2 Å². The fourth-order valence-corrected chi connectivity index (χ4v) is 3.42. The summed E-state index contributed by atoms with van der Waals surface area (Å²) in [6.45, 7) is 2.49. The van der Waals surface area contributed by atoms with Gasteiger partial charge < -0.3 is 14.7 Å². The molecule has 2 saturated heterocycles. The second kappa shape index (κ2) is 4.30. The Bertz CT molecular complexity index is 540. The van der Waals surface area contributed by atoms with Crippen LogP contribution in [0.3, 0.4) is 0 Å². The predicted octanol–water partition coefficient (Wildman–Crippen LogP) is 0.368. The molecule has 1 saturated carbocycles. The van der Waals surface area contributed by atoms with Crippen LogP contribution in [0.2, 0.25) is 0 Å². The number of hydrogen-bond acceptors (Lipinski definition) is 4. The van der Waals surface area contributed by atoms with E-state index < -0.39 is 0 Å². The molecule has 6 nitrogen and oxygen atoms in total. The van der Waals surface area contributed by atoms with Crippen molar-refractivity contribution in [1.82, 2.24) is 15.1 Å². The van der Waals surface area contributed by atoms with Gasteiger partial charge in [-0.3, -0.25) is 9.89 Å². The predicted molar refractivity (Wildman–Crippen MR) is 70.3 cm³/mol. The van der Waals surface area contributed by atoms with E-state index in [1.54, 1.807) is 0 Å². The average molecular weight is 277 g/mol. The Kier molecular flexibility index (Phi) is 2.65. The van der Waals surface area contributed by atoms with Gasteiger partial charge in [-0.15, -0.1) is 0 Å². The highest BCUT2D eigenvalue weighted by Gasteiger charge is 2.51. The molecule has 3 aliphatic rings. The second-order valence-electron chi connectivity index (χ2n) is 6.40. The van der Waals surface area contributed by atoms with Gasteiger partial charge in [-0.25, -0.2) is 0 Å². The maximum atomic E-state index is 12.5. The molecule has 1 aromatic heterocycles. The Labute approximate surface area is 117 Å². The zero-order valence-electron chi connectivity index (χ0n) is 11.3. The fourth-order valence-electron chi connectivity index (χ4n) is 3.42. The monoisotopic (exact) mass is 277 g/mol. The molecule has 20 heavy (non-hydrogen) atoms. The summed E-state index contributed by atoms with van der Waals surface area (Å²) in [7, 11) is 0. The van der Waals surface area contributed by atoms with Crippen molar-refractivity contribution in [3.63, 3.8) is 0 Å². The smallest absolute Gasteiger partial charge is 0.274 e. The highest BCUT2D eigenvalue weighted by Crippen LogP contribution is 2.42. The lowest BCUT2D eigenvalue weighted by molar-refractivity contribution is 0.0626. The third-order valence-electron chi connectivity index (χ3n) is 4.96. The van der Waals surface area contributed by atoms with Gasteiger partial charge in [0.2, 0.25) is 0 Å². The van der Waals surface area contributed by atoms with Crippen molar-refractivity contribution < 1.29 is 14.6 Å². The third kappa shape index (κ3) is 1.78. The van der Waals surface area contributed by atoms with Crippen LogP contribution in [0, 0.1) is 11.3 Å². The number of ether oxygens (including phenoxy) is 1. The number of aromatic nitrogens is 2. The molecule has 0 spiro atoms. The molecular formula is C14H19N3O3. The molecule has 3 heterocycles. The van der Waals surface area contributed by atoms with Gasteiger partial charge in [0, 0.05) is 36.0 Å². The Morgan fingerprint density at radius 1 is 1.60 bits per heavy atom. The van der Waals surface area contributed by atoms with Gasteiger partial charge >= 0.3 is 0 Å². The van der Waals surface area contributed by atoms with Crippen molar-refractivity contribution in [3.05, 3.63) is 17.5 Å². The number of aliphatic hydroxyl groups is 1. The van der Waals surface area contributed by atoms with E-state index in [1.165, 1.54) is 12.8 Å². The van der Waals surface area contributed by atoms with Crippen LogP contribution in [0.4, 0.5) is 0 Å². The molecule has 2 N–H and O–H groups in total. The quantitative estimate of drug-likeness (QED) is 0.836. The minimum atomic E-state index is -0.259. The van der Waals surface area contributed by atoms with Crippen LogP contribution in [-0.4, -0.2) is 59.0 Å². The lowest BCUT2D eigenvalue weighted by Gasteiger charge is -2.23. The number of carbonyl (C=O) groups is 1. The number of fused-ring (bicyclic) bond motifs is 1. The Morgan fingerprint density at radius 2 is 2.45 bits per heavy atom. The molecule has 6 heteroatoms. The first-order valence-corrected chi connectivity index (χ1v) is 7.25. The molecular weight excluding hydrogens is 258 g/mol. The number of aliphatic hydroxyl groups excluding tert-OH is 1. The molecule has 2 aliphatic heterocycles. The number of hydrogen-bond donors (Lipinski definition) is 2. The molecule has 0 radical (unpaired) electrons. The molecule has 1 aromatic rings. The number of rotatable bonds is 3. The largest absolute Gasteiger partial charge is 0.396 e. The fraction of sp³-hybridized carbons (Fsp3) is 0.714. The molecule has 1 amide bonds.